The van der Waals surface area contributed by atoms with Gasteiger partial charge >= 0.3 is 0 Å². The third kappa shape index (κ3) is 4.94. The molecule has 0 aliphatic carbocycles. The summed E-state index contributed by atoms with van der Waals surface area (Å²) in [6.07, 6.45) is 0. The molecule has 0 saturated carbocycles. The molecule has 1 N–H and O–H groups in total. The van der Waals surface area contributed by atoms with E-state index >= 15 is 0 Å². The fourth-order valence-corrected chi connectivity index (χ4v) is 2.81. The summed E-state index contributed by atoms with van der Waals surface area (Å²) in [4.78, 5) is 0.299. The van der Waals surface area contributed by atoms with Crippen molar-refractivity contribution in [1.82, 2.24) is 5.32 Å². The van der Waals surface area contributed by atoms with E-state index < -0.39 is 9.84 Å². The topological polar surface area (TPSA) is 55.4 Å². The normalized spacial score (nSPS) is 13.5. The van der Waals surface area contributed by atoms with Gasteiger partial charge in [0.2, 0.25) is 0 Å². The largest absolute Gasteiger partial charge is 0.383 e. The lowest BCUT2D eigenvalue weighted by Crippen LogP contribution is -2.34. The zero-order chi connectivity index (χ0) is 13.6. The summed E-state index contributed by atoms with van der Waals surface area (Å²) in [5.41, 5.74) is 0. The van der Waals surface area contributed by atoms with Gasteiger partial charge in [-0.05, 0) is 31.2 Å². The number of rotatable bonds is 7. The minimum atomic E-state index is -3.25. The average molecular weight is 292 g/mol. The molecule has 0 aromatic heterocycles. The van der Waals surface area contributed by atoms with Gasteiger partial charge < -0.3 is 10.1 Å². The Morgan fingerprint density at radius 2 is 1.94 bits per heavy atom. The van der Waals surface area contributed by atoms with Crippen molar-refractivity contribution in [2.24, 2.45) is 0 Å². The highest BCUT2D eigenvalue weighted by atomic mass is 35.5. The molecule has 1 aromatic carbocycles. The summed E-state index contributed by atoms with van der Waals surface area (Å²) in [7, 11) is -1.64. The first-order valence-corrected chi connectivity index (χ1v) is 7.69. The van der Waals surface area contributed by atoms with Crippen molar-refractivity contribution >= 4 is 21.4 Å². The third-order valence-electron chi connectivity index (χ3n) is 2.45. The Morgan fingerprint density at radius 1 is 1.33 bits per heavy atom. The van der Waals surface area contributed by atoms with E-state index in [9.17, 15) is 8.42 Å². The summed E-state index contributed by atoms with van der Waals surface area (Å²) < 4.78 is 28.9. The standard InChI is InChI=1S/C12H18ClNO3S/c1-10(9-17-2)14-7-8-18(15,16)12-5-3-11(13)4-6-12/h3-6,10,14H,7-9H2,1-2H3. The van der Waals surface area contributed by atoms with E-state index in [4.69, 9.17) is 16.3 Å². The maximum Gasteiger partial charge on any atom is 0.179 e. The van der Waals surface area contributed by atoms with Crippen LogP contribution in [-0.4, -0.2) is 40.5 Å². The number of hydrogen-bond donors (Lipinski definition) is 1. The lowest BCUT2D eigenvalue weighted by Gasteiger charge is -2.12. The fourth-order valence-electron chi connectivity index (χ4n) is 1.51. The van der Waals surface area contributed by atoms with E-state index in [2.05, 4.69) is 5.32 Å². The Labute approximate surface area is 113 Å². The first-order valence-electron chi connectivity index (χ1n) is 5.66. The van der Waals surface area contributed by atoms with E-state index in [1.807, 2.05) is 6.92 Å². The molecule has 0 aliphatic rings. The van der Waals surface area contributed by atoms with Crippen LogP contribution in [-0.2, 0) is 14.6 Å². The zero-order valence-corrected chi connectivity index (χ0v) is 12.1. The number of ether oxygens (including phenoxy) is 1. The molecule has 0 bridgehead atoms. The molecule has 102 valence electrons. The van der Waals surface area contributed by atoms with Gasteiger partial charge in [-0.2, -0.15) is 0 Å². The molecule has 4 nitrogen and oxygen atoms in total. The van der Waals surface area contributed by atoms with Crippen molar-refractivity contribution in [3.05, 3.63) is 29.3 Å². The molecule has 0 saturated heterocycles. The number of halogens is 1. The highest BCUT2D eigenvalue weighted by Gasteiger charge is 2.14. The maximum atomic E-state index is 12.0. The fraction of sp³-hybridized carbons (Fsp3) is 0.500. The van der Waals surface area contributed by atoms with Crippen LogP contribution in [0.25, 0.3) is 0 Å². The quantitative estimate of drug-likeness (QED) is 0.831. The summed E-state index contributed by atoms with van der Waals surface area (Å²) in [6.45, 7) is 2.90. The minimum Gasteiger partial charge on any atom is -0.383 e. The molecule has 0 heterocycles. The van der Waals surface area contributed by atoms with Crippen molar-refractivity contribution in [3.63, 3.8) is 0 Å². The van der Waals surface area contributed by atoms with E-state index in [1.54, 1.807) is 19.2 Å². The van der Waals surface area contributed by atoms with Crippen molar-refractivity contribution in [3.8, 4) is 0 Å². The molecule has 18 heavy (non-hydrogen) atoms. The van der Waals surface area contributed by atoms with Gasteiger partial charge in [0.25, 0.3) is 0 Å². The van der Waals surface area contributed by atoms with Crippen LogP contribution in [0, 0.1) is 0 Å². The predicted octanol–water partition coefficient (Wildman–Crippen LogP) is 1.74. The molecule has 0 spiro atoms. The zero-order valence-electron chi connectivity index (χ0n) is 10.5. The van der Waals surface area contributed by atoms with Crippen molar-refractivity contribution in [2.45, 2.75) is 17.9 Å². The first-order chi connectivity index (χ1) is 8.45. The van der Waals surface area contributed by atoms with Crippen LogP contribution >= 0.6 is 11.6 Å². The highest BCUT2D eigenvalue weighted by Crippen LogP contribution is 2.15. The van der Waals surface area contributed by atoms with E-state index in [0.717, 1.165) is 0 Å². The number of methoxy groups -OCH3 is 1. The second kappa shape index (κ2) is 7.09. The first kappa shape index (κ1) is 15.4. The maximum absolute atomic E-state index is 12.0. The number of hydrogen-bond acceptors (Lipinski definition) is 4. The Bertz CT molecular complexity index is 459. The number of benzene rings is 1. The van der Waals surface area contributed by atoms with E-state index in [-0.39, 0.29) is 11.8 Å². The van der Waals surface area contributed by atoms with Crippen LogP contribution in [0.2, 0.25) is 5.02 Å². The Kier molecular flexibility index (Phi) is 6.08. The Morgan fingerprint density at radius 3 is 2.50 bits per heavy atom. The van der Waals surface area contributed by atoms with Gasteiger partial charge in [0, 0.05) is 24.7 Å². The molecule has 0 fully saturated rings. The van der Waals surface area contributed by atoms with Crippen LogP contribution in [0.1, 0.15) is 6.92 Å². The van der Waals surface area contributed by atoms with Gasteiger partial charge in [-0.15, -0.1) is 0 Å². The van der Waals surface area contributed by atoms with Crippen LogP contribution in [0.3, 0.4) is 0 Å². The van der Waals surface area contributed by atoms with Crippen LogP contribution < -0.4 is 5.32 Å². The van der Waals surface area contributed by atoms with Crippen LogP contribution in [0.5, 0.6) is 0 Å². The molecule has 6 heteroatoms. The second-order valence-electron chi connectivity index (χ2n) is 4.08. The second-order valence-corrected chi connectivity index (χ2v) is 6.63. The highest BCUT2D eigenvalue weighted by molar-refractivity contribution is 7.91. The van der Waals surface area contributed by atoms with Crippen molar-refractivity contribution in [2.75, 3.05) is 26.0 Å². The SMILES string of the molecule is COCC(C)NCCS(=O)(=O)c1ccc(Cl)cc1. The molecule has 1 unspecified atom stereocenters. The summed E-state index contributed by atoms with van der Waals surface area (Å²) in [5.74, 6) is 0.0582. The molecule has 1 rings (SSSR count). The molecule has 1 aromatic rings. The van der Waals surface area contributed by atoms with Gasteiger partial charge in [-0.1, -0.05) is 11.6 Å². The lowest BCUT2D eigenvalue weighted by molar-refractivity contribution is 0.173. The van der Waals surface area contributed by atoms with Gasteiger partial charge in [-0.3, -0.25) is 0 Å². The number of sulfone groups is 1. The van der Waals surface area contributed by atoms with Crippen LogP contribution in [0.15, 0.2) is 29.2 Å². The average Bonchev–Trinajstić information content (AvgIpc) is 2.29. The van der Waals surface area contributed by atoms with Crippen molar-refractivity contribution in [1.29, 1.82) is 0 Å². The molecule has 0 radical (unpaired) electrons. The minimum absolute atomic E-state index is 0.0582. The summed E-state index contributed by atoms with van der Waals surface area (Å²) >= 11 is 5.72. The molecule has 0 amide bonds. The van der Waals surface area contributed by atoms with E-state index in [0.29, 0.717) is 23.1 Å². The summed E-state index contributed by atoms with van der Waals surface area (Å²) in [6, 6.07) is 6.34. The van der Waals surface area contributed by atoms with Crippen molar-refractivity contribution < 1.29 is 13.2 Å². The molecular formula is C12H18ClNO3S. The Hall–Kier alpha value is -0.620. The van der Waals surface area contributed by atoms with Gasteiger partial charge in [0.15, 0.2) is 9.84 Å². The Balaban J connectivity index is 2.52. The van der Waals surface area contributed by atoms with E-state index in [1.165, 1.54) is 12.1 Å². The smallest absolute Gasteiger partial charge is 0.179 e. The lowest BCUT2D eigenvalue weighted by atomic mass is 10.4. The monoisotopic (exact) mass is 291 g/mol. The predicted molar refractivity (Wildman–Crippen MR) is 72.8 cm³/mol. The van der Waals surface area contributed by atoms with Gasteiger partial charge in [-0.25, -0.2) is 8.42 Å². The third-order valence-corrected chi connectivity index (χ3v) is 4.44. The van der Waals surface area contributed by atoms with Gasteiger partial charge in [0.1, 0.15) is 0 Å². The van der Waals surface area contributed by atoms with Gasteiger partial charge in [0.05, 0.1) is 17.3 Å². The molecular weight excluding hydrogens is 274 g/mol. The number of nitrogens with one attached hydrogen (secondary N) is 1. The molecule has 1 atom stereocenters. The molecule has 0 aliphatic heterocycles. The van der Waals surface area contributed by atoms with Crippen LogP contribution in [0.4, 0.5) is 0 Å². The summed E-state index contributed by atoms with van der Waals surface area (Å²) in [5, 5.41) is 3.62.